The summed E-state index contributed by atoms with van der Waals surface area (Å²) in [6.45, 7) is 9.98. The van der Waals surface area contributed by atoms with Crippen LogP contribution in [0.15, 0.2) is 29.1 Å². The number of hydrogen-bond acceptors (Lipinski definition) is 3. The van der Waals surface area contributed by atoms with Crippen molar-refractivity contribution in [1.82, 2.24) is 14.3 Å². The summed E-state index contributed by atoms with van der Waals surface area (Å²) in [5.74, 6) is 0.0507. The monoisotopic (exact) mass is 303 g/mol. The molecule has 0 aliphatic heterocycles. The molecule has 4 nitrogen and oxygen atoms in total. The molecule has 1 heterocycles. The Kier molecular flexibility index (Phi) is 4.42. The van der Waals surface area contributed by atoms with Crippen LogP contribution in [-0.4, -0.2) is 14.3 Å². The Bertz CT molecular complexity index is 714. The van der Waals surface area contributed by atoms with Crippen LogP contribution in [0.3, 0.4) is 0 Å². The van der Waals surface area contributed by atoms with Crippen LogP contribution in [0.4, 0.5) is 0 Å². The largest absolute Gasteiger partial charge is 0.281 e. The van der Waals surface area contributed by atoms with E-state index >= 15 is 0 Å². The van der Waals surface area contributed by atoms with Crippen molar-refractivity contribution in [2.75, 3.05) is 0 Å². The van der Waals surface area contributed by atoms with Crippen LogP contribution in [0.2, 0.25) is 0 Å². The number of hydrogen-bond donors (Lipinski definition) is 0. The Hall–Kier alpha value is -1.75. The molecule has 0 amide bonds. The van der Waals surface area contributed by atoms with Gasteiger partial charge in [0.15, 0.2) is 0 Å². The van der Waals surface area contributed by atoms with Gasteiger partial charge in [-0.1, -0.05) is 31.5 Å². The average molecular weight is 303 g/mol. The molecular formula is C16H21N3OS. The molecule has 0 saturated carbocycles. The maximum absolute atomic E-state index is 12.7. The minimum Gasteiger partial charge on any atom is -0.267 e. The highest BCUT2D eigenvalue weighted by Crippen LogP contribution is 2.13. The smallest absolute Gasteiger partial charge is 0.267 e. The van der Waals surface area contributed by atoms with Crippen LogP contribution < -0.4 is 5.56 Å². The highest BCUT2D eigenvalue weighted by atomic mass is 32.1. The van der Waals surface area contributed by atoms with E-state index in [4.69, 9.17) is 12.2 Å². The minimum atomic E-state index is -0.129. The summed E-state index contributed by atoms with van der Waals surface area (Å²) in [6.07, 6.45) is 0. The Balaban J connectivity index is 2.83. The molecule has 0 radical (unpaired) electrons. The average Bonchev–Trinajstić information content (AvgIpc) is 2.40. The van der Waals surface area contributed by atoms with Crippen LogP contribution in [-0.2, 0) is 0 Å². The highest BCUT2D eigenvalue weighted by Gasteiger charge is 2.16. The van der Waals surface area contributed by atoms with Gasteiger partial charge in [-0.2, -0.15) is 5.10 Å². The number of nitrogens with zero attached hydrogens (tertiary/aromatic N) is 3. The van der Waals surface area contributed by atoms with E-state index in [1.807, 2.05) is 58.9 Å². The first-order valence-electron chi connectivity index (χ1n) is 7.15. The molecule has 112 valence electrons. The molecule has 1 aromatic carbocycles. The van der Waals surface area contributed by atoms with Gasteiger partial charge < -0.3 is 0 Å². The molecule has 2 rings (SSSR count). The molecule has 0 aliphatic carbocycles. The Morgan fingerprint density at radius 1 is 1.10 bits per heavy atom. The van der Waals surface area contributed by atoms with E-state index in [0.29, 0.717) is 10.5 Å². The molecule has 0 unspecified atom stereocenters. The van der Waals surface area contributed by atoms with Crippen molar-refractivity contribution in [3.05, 3.63) is 50.6 Å². The fourth-order valence-electron chi connectivity index (χ4n) is 2.13. The van der Waals surface area contributed by atoms with Crippen molar-refractivity contribution in [2.45, 2.75) is 46.6 Å². The van der Waals surface area contributed by atoms with Gasteiger partial charge >= 0.3 is 0 Å². The summed E-state index contributed by atoms with van der Waals surface area (Å²) in [4.78, 5) is 12.7. The number of rotatable bonds is 3. The molecule has 0 N–H and O–H groups in total. The molecule has 5 heteroatoms. The topological polar surface area (TPSA) is 39.8 Å². The van der Waals surface area contributed by atoms with Gasteiger partial charge in [0.1, 0.15) is 5.69 Å². The Morgan fingerprint density at radius 3 is 2.14 bits per heavy atom. The lowest BCUT2D eigenvalue weighted by molar-refractivity contribution is 0.470. The normalized spacial score (nSPS) is 11.4. The van der Waals surface area contributed by atoms with Gasteiger partial charge in [0.05, 0.1) is 5.69 Å². The summed E-state index contributed by atoms with van der Waals surface area (Å²) in [5, 5.41) is 4.45. The summed E-state index contributed by atoms with van der Waals surface area (Å²) in [6, 6.07) is 7.90. The van der Waals surface area contributed by atoms with E-state index in [1.54, 1.807) is 9.25 Å². The van der Waals surface area contributed by atoms with E-state index in [0.717, 1.165) is 11.3 Å². The van der Waals surface area contributed by atoms with Crippen LogP contribution in [0.5, 0.6) is 0 Å². The van der Waals surface area contributed by atoms with Crippen molar-refractivity contribution >= 4 is 12.2 Å². The second kappa shape index (κ2) is 5.93. The molecule has 21 heavy (non-hydrogen) atoms. The molecule has 2 aromatic rings. The van der Waals surface area contributed by atoms with E-state index in [9.17, 15) is 4.79 Å². The molecular weight excluding hydrogens is 282 g/mol. The summed E-state index contributed by atoms with van der Waals surface area (Å²) >= 11 is 5.48. The summed E-state index contributed by atoms with van der Waals surface area (Å²) < 4.78 is 3.76. The van der Waals surface area contributed by atoms with Gasteiger partial charge in [0.2, 0.25) is 4.77 Å². The van der Waals surface area contributed by atoms with Gasteiger partial charge in [0.25, 0.3) is 5.56 Å². The van der Waals surface area contributed by atoms with Crippen molar-refractivity contribution in [1.29, 1.82) is 0 Å². The van der Waals surface area contributed by atoms with Crippen molar-refractivity contribution in [2.24, 2.45) is 0 Å². The molecule has 0 aliphatic rings. The lowest BCUT2D eigenvalue weighted by Gasteiger charge is -2.17. The fourth-order valence-corrected chi connectivity index (χ4v) is 2.57. The third kappa shape index (κ3) is 2.97. The lowest BCUT2D eigenvalue weighted by atomic mass is 10.1. The predicted octanol–water partition coefficient (Wildman–Crippen LogP) is 3.78. The minimum absolute atomic E-state index is 0.0507. The molecule has 0 spiro atoms. The fraction of sp³-hybridized carbons (Fsp3) is 0.438. The van der Waals surface area contributed by atoms with Gasteiger partial charge in [0, 0.05) is 12.0 Å². The van der Waals surface area contributed by atoms with E-state index in [-0.39, 0.29) is 17.5 Å². The van der Waals surface area contributed by atoms with Crippen molar-refractivity contribution in [3.8, 4) is 5.69 Å². The maximum atomic E-state index is 12.7. The van der Waals surface area contributed by atoms with Crippen LogP contribution in [0, 0.1) is 11.7 Å². The zero-order valence-electron chi connectivity index (χ0n) is 13.1. The van der Waals surface area contributed by atoms with E-state index in [1.165, 1.54) is 0 Å². The van der Waals surface area contributed by atoms with Gasteiger partial charge in [-0.3, -0.25) is 9.36 Å². The van der Waals surface area contributed by atoms with E-state index in [2.05, 4.69) is 5.10 Å². The number of benzene rings is 1. The first kappa shape index (κ1) is 15.6. The number of aromatic nitrogens is 3. The molecule has 1 aromatic heterocycles. The Morgan fingerprint density at radius 2 is 1.67 bits per heavy atom. The van der Waals surface area contributed by atoms with Crippen LogP contribution in [0.25, 0.3) is 5.69 Å². The lowest BCUT2D eigenvalue weighted by Crippen LogP contribution is -2.31. The van der Waals surface area contributed by atoms with Gasteiger partial charge in [-0.25, -0.2) is 4.68 Å². The maximum Gasteiger partial charge on any atom is 0.281 e. The summed E-state index contributed by atoms with van der Waals surface area (Å²) in [7, 11) is 0. The third-order valence-electron chi connectivity index (χ3n) is 3.35. The standard InChI is InChI=1S/C16H21N3OS/c1-10(2)14-15(20)18(13-8-6-12(5)7-9-13)16(21)19(17-14)11(3)4/h6-11H,1-5H3. The second-order valence-electron chi connectivity index (χ2n) is 5.84. The van der Waals surface area contributed by atoms with Crippen LogP contribution >= 0.6 is 12.2 Å². The predicted molar refractivity (Wildman–Crippen MR) is 87.9 cm³/mol. The quantitative estimate of drug-likeness (QED) is 0.810. The Labute approximate surface area is 130 Å². The molecule has 0 saturated heterocycles. The van der Waals surface area contributed by atoms with Gasteiger partial charge in [-0.05, 0) is 45.1 Å². The molecule has 0 bridgehead atoms. The summed E-state index contributed by atoms with van der Waals surface area (Å²) in [5.41, 5.74) is 2.34. The van der Waals surface area contributed by atoms with E-state index < -0.39 is 0 Å². The van der Waals surface area contributed by atoms with Gasteiger partial charge in [-0.15, -0.1) is 0 Å². The highest BCUT2D eigenvalue weighted by molar-refractivity contribution is 7.71. The first-order valence-corrected chi connectivity index (χ1v) is 7.56. The van der Waals surface area contributed by atoms with Crippen molar-refractivity contribution in [3.63, 3.8) is 0 Å². The molecule has 0 fully saturated rings. The SMILES string of the molecule is Cc1ccc(-n2c(=O)c(C(C)C)nn(C(C)C)c2=S)cc1. The first-order chi connectivity index (χ1) is 9.82. The van der Waals surface area contributed by atoms with Crippen LogP contribution in [0.1, 0.15) is 50.9 Å². The third-order valence-corrected chi connectivity index (χ3v) is 3.72. The number of aryl methyl sites for hydroxylation is 1. The van der Waals surface area contributed by atoms with Crippen molar-refractivity contribution < 1.29 is 0 Å². The zero-order valence-corrected chi connectivity index (χ0v) is 13.9. The zero-order chi connectivity index (χ0) is 15.7. The second-order valence-corrected chi connectivity index (χ2v) is 6.20. The molecule has 0 atom stereocenters.